The fraction of sp³-hybridized carbons (Fsp3) is 0.556. The van der Waals surface area contributed by atoms with Gasteiger partial charge in [-0.3, -0.25) is 14.5 Å². The van der Waals surface area contributed by atoms with Crippen LogP contribution in [-0.4, -0.2) is 98.7 Å². The van der Waals surface area contributed by atoms with Crippen molar-refractivity contribution in [1.29, 1.82) is 0 Å². The van der Waals surface area contributed by atoms with Crippen molar-refractivity contribution < 1.29 is 27.8 Å². The molecule has 0 radical (unpaired) electrons. The molecule has 216 valence electrons. The van der Waals surface area contributed by atoms with Crippen molar-refractivity contribution in [3.8, 4) is 5.75 Å². The minimum Gasteiger partial charge on any atom is -0.495 e. The number of fused-ring (bicyclic) bond motifs is 1. The number of carbonyl (C=O) groups excluding carboxylic acids is 2. The van der Waals surface area contributed by atoms with Gasteiger partial charge in [0, 0.05) is 44.8 Å². The van der Waals surface area contributed by atoms with Gasteiger partial charge >= 0.3 is 5.92 Å². The Hall–Kier alpha value is -3.58. The highest BCUT2D eigenvalue weighted by Gasteiger charge is 2.48. The Kier molecular flexibility index (Phi) is 8.31. The second-order valence-corrected chi connectivity index (χ2v) is 10.3. The van der Waals surface area contributed by atoms with Crippen LogP contribution in [0.2, 0.25) is 0 Å². The molecule has 2 fully saturated rings. The molecule has 3 heterocycles. The molecule has 1 saturated carbocycles. The van der Waals surface area contributed by atoms with Gasteiger partial charge in [0.2, 0.25) is 5.95 Å². The molecule has 1 aromatic heterocycles. The number of hydrogen-bond acceptors (Lipinski definition) is 9. The molecule has 1 saturated heterocycles. The maximum atomic E-state index is 14.8. The maximum Gasteiger partial charge on any atom is 0.342 e. The van der Waals surface area contributed by atoms with E-state index in [0.29, 0.717) is 36.8 Å². The lowest BCUT2D eigenvalue weighted by atomic mass is 10.1. The van der Waals surface area contributed by atoms with Gasteiger partial charge in [-0.2, -0.15) is 13.8 Å². The van der Waals surface area contributed by atoms with E-state index in [9.17, 15) is 18.4 Å². The van der Waals surface area contributed by atoms with Gasteiger partial charge in [-0.05, 0) is 31.0 Å². The van der Waals surface area contributed by atoms with Crippen LogP contribution in [0.5, 0.6) is 5.75 Å². The van der Waals surface area contributed by atoms with Crippen molar-refractivity contribution in [2.75, 3.05) is 75.2 Å². The van der Waals surface area contributed by atoms with E-state index < -0.39 is 18.4 Å². The topological polar surface area (TPSA) is 112 Å². The summed E-state index contributed by atoms with van der Waals surface area (Å²) in [4.78, 5) is 38.9. The lowest BCUT2D eigenvalue weighted by Crippen LogP contribution is -2.48. The Morgan fingerprint density at radius 1 is 1.23 bits per heavy atom. The number of ether oxygens (including phenoxy) is 2. The third kappa shape index (κ3) is 5.94. The van der Waals surface area contributed by atoms with Crippen molar-refractivity contribution in [3.05, 3.63) is 30.0 Å². The second-order valence-electron chi connectivity index (χ2n) is 10.3. The quantitative estimate of drug-likeness (QED) is 0.504. The first-order valence-electron chi connectivity index (χ1n) is 13.6. The predicted molar refractivity (Wildman–Crippen MR) is 146 cm³/mol. The number of amides is 2. The molecule has 0 spiro atoms. The summed E-state index contributed by atoms with van der Waals surface area (Å²) in [5.41, 5.74) is 1.17. The smallest absolute Gasteiger partial charge is 0.342 e. The van der Waals surface area contributed by atoms with E-state index in [-0.39, 0.29) is 29.4 Å². The van der Waals surface area contributed by atoms with Crippen molar-refractivity contribution in [3.63, 3.8) is 0 Å². The van der Waals surface area contributed by atoms with E-state index in [1.165, 1.54) is 20.4 Å². The van der Waals surface area contributed by atoms with Crippen LogP contribution >= 0.6 is 0 Å². The average Bonchev–Trinajstić information content (AvgIpc) is 3.48. The van der Waals surface area contributed by atoms with Crippen LogP contribution in [0.3, 0.4) is 0 Å². The molecular weight excluding hydrogens is 524 g/mol. The molecular formula is C27H35F2N7O4. The fourth-order valence-electron chi connectivity index (χ4n) is 5.41. The number of nitrogens with one attached hydrogen (secondary N) is 2. The minimum atomic E-state index is -3.55. The number of alkyl halides is 2. The van der Waals surface area contributed by atoms with Gasteiger partial charge in [0.05, 0.1) is 38.8 Å². The Morgan fingerprint density at radius 2 is 1.98 bits per heavy atom. The summed E-state index contributed by atoms with van der Waals surface area (Å²) in [6.07, 6.45) is 4.77. The zero-order valence-corrected chi connectivity index (χ0v) is 22.8. The molecule has 1 aliphatic carbocycles. The SMILES string of the molecule is COc1cc(C(=O)NCCN2CCOCC2)ccc1Nc1ncc2c(n1)N(C1CCCC1)CC(F)(F)C(=O)N2C. The van der Waals surface area contributed by atoms with E-state index in [1.54, 1.807) is 23.1 Å². The summed E-state index contributed by atoms with van der Waals surface area (Å²) in [6, 6.07) is 4.83. The molecule has 1 aromatic carbocycles. The maximum absolute atomic E-state index is 14.8. The number of methoxy groups -OCH3 is 1. The average molecular weight is 560 g/mol. The third-order valence-electron chi connectivity index (χ3n) is 7.66. The molecule has 0 unspecified atom stereocenters. The lowest BCUT2D eigenvalue weighted by Gasteiger charge is -2.31. The Morgan fingerprint density at radius 3 is 2.70 bits per heavy atom. The van der Waals surface area contributed by atoms with Crippen LogP contribution in [0, 0.1) is 0 Å². The number of anilines is 4. The standard InChI is InChI=1S/C27H35F2N7O4/c1-34-21-16-31-26(33-23(21)36(19-5-3-4-6-19)17-27(28,29)25(34)38)32-20-8-7-18(15-22(20)39-2)24(37)30-9-10-35-11-13-40-14-12-35/h7-8,15-16,19H,3-6,9-14,17H2,1-2H3,(H,30,37)(H,31,32,33). The van der Waals surface area contributed by atoms with Crippen LogP contribution in [-0.2, 0) is 9.53 Å². The van der Waals surface area contributed by atoms with Gasteiger partial charge in [-0.1, -0.05) is 12.8 Å². The Bertz CT molecular complexity index is 1240. The molecule has 2 amide bonds. The highest BCUT2D eigenvalue weighted by molar-refractivity contribution is 6.02. The molecule has 2 aromatic rings. The molecule has 40 heavy (non-hydrogen) atoms. The number of morpholine rings is 1. The van der Waals surface area contributed by atoms with Crippen LogP contribution in [0.4, 0.5) is 31.9 Å². The number of hydrogen-bond donors (Lipinski definition) is 2. The monoisotopic (exact) mass is 559 g/mol. The first kappa shape index (κ1) is 28.0. The number of nitrogens with zero attached hydrogens (tertiary/aromatic N) is 5. The van der Waals surface area contributed by atoms with Crippen LogP contribution in [0.1, 0.15) is 36.0 Å². The van der Waals surface area contributed by atoms with Gasteiger partial charge in [-0.25, -0.2) is 4.98 Å². The number of rotatable bonds is 8. The Labute approximate surface area is 231 Å². The largest absolute Gasteiger partial charge is 0.495 e. The zero-order chi connectivity index (χ0) is 28.3. The predicted octanol–water partition coefficient (Wildman–Crippen LogP) is 2.65. The molecule has 0 bridgehead atoms. The summed E-state index contributed by atoms with van der Waals surface area (Å²) in [5, 5.41) is 6.02. The fourth-order valence-corrected chi connectivity index (χ4v) is 5.41. The summed E-state index contributed by atoms with van der Waals surface area (Å²) in [6.45, 7) is 3.62. The normalized spacial score (nSPS) is 19.8. The number of aromatic nitrogens is 2. The Balaban J connectivity index is 1.33. The first-order chi connectivity index (χ1) is 19.3. The van der Waals surface area contributed by atoms with Crippen molar-refractivity contribution in [2.45, 2.75) is 37.6 Å². The molecule has 5 rings (SSSR count). The van der Waals surface area contributed by atoms with E-state index in [4.69, 9.17) is 9.47 Å². The van der Waals surface area contributed by atoms with Crippen LogP contribution in [0.15, 0.2) is 24.4 Å². The molecule has 2 aliphatic heterocycles. The highest BCUT2D eigenvalue weighted by atomic mass is 19.3. The van der Waals surface area contributed by atoms with Gasteiger partial charge in [0.1, 0.15) is 11.4 Å². The third-order valence-corrected chi connectivity index (χ3v) is 7.66. The van der Waals surface area contributed by atoms with E-state index in [2.05, 4.69) is 25.5 Å². The number of benzene rings is 1. The van der Waals surface area contributed by atoms with E-state index >= 15 is 0 Å². The van der Waals surface area contributed by atoms with Gasteiger partial charge in [0.15, 0.2) is 5.82 Å². The van der Waals surface area contributed by atoms with E-state index in [1.807, 2.05) is 0 Å². The zero-order valence-electron chi connectivity index (χ0n) is 22.8. The molecule has 11 nitrogen and oxygen atoms in total. The molecule has 0 atom stereocenters. The van der Waals surface area contributed by atoms with Gasteiger partial charge in [-0.15, -0.1) is 0 Å². The number of halogens is 2. The molecule has 13 heteroatoms. The number of carbonyl (C=O) groups is 2. The van der Waals surface area contributed by atoms with Gasteiger partial charge < -0.3 is 29.9 Å². The summed E-state index contributed by atoms with van der Waals surface area (Å²) < 4.78 is 40.6. The summed E-state index contributed by atoms with van der Waals surface area (Å²) >= 11 is 0. The second kappa shape index (κ2) is 11.9. The first-order valence-corrected chi connectivity index (χ1v) is 13.6. The summed E-state index contributed by atoms with van der Waals surface area (Å²) in [7, 11) is 2.81. The van der Waals surface area contributed by atoms with Crippen LogP contribution in [0.25, 0.3) is 0 Å². The molecule has 3 aliphatic rings. The highest BCUT2D eigenvalue weighted by Crippen LogP contribution is 2.40. The summed E-state index contributed by atoms with van der Waals surface area (Å²) in [5.74, 6) is -4.21. The molecule has 2 N–H and O–H groups in total. The van der Waals surface area contributed by atoms with E-state index in [0.717, 1.165) is 50.2 Å². The van der Waals surface area contributed by atoms with Crippen molar-refractivity contribution in [2.24, 2.45) is 0 Å². The van der Waals surface area contributed by atoms with Crippen molar-refractivity contribution >= 4 is 35.0 Å². The van der Waals surface area contributed by atoms with Gasteiger partial charge in [0.25, 0.3) is 11.8 Å². The van der Waals surface area contributed by atoms with Crippen LogP contribution < -0.4 is 25.2 Å². The lowest BCUT2D eigenvalue weighted by molar-refractivity contribution is -0.140. The minimum absolute atomic E-state index is 0.137. The van der Waals surface area contributed by atoms with Crippen molar-refractivity contribution in [1.82, 2.24) is 20.2 Å².